The number of carbonyl (C=O) groups excluding carboxylic acids is 2. The standard InChI is InChI=1S/C25H34N2O5/c1-24(2,3)31-22(29)26-12-15(14-28)10-18-17-8-7-9-19-21(17)16(11-20(18)26)13-27(19)23(30)32-25(4,5)6/h7-9,13,15,18,20,28H,10-12,14H2,1-6H3/t15-,18?,20-/m1/s1. The van der Waals surface area contributed by atoms with E-state index in [0.717, 1.165) is 28.5 Å². The van der Waals surface area contributed by atoms with Crippen LogP contribution in [-0.4, -0.2) is 57.2 Å². The molecular formula is C25H34N2O5. The maximum absolute atomic E-state index is 13.1. The number of hydrogen-bond donors (Lipinski definition) is 1. The molecule has 1 aromatic carbocycles. The lowest BCUT2D eigenvalue weighted by Crippen LogP contribution is -2.54. The highest BCUT2D eigenvalue weighted by Gasteiger charge is 2.44. The van der Waals surface area contributed by atoms with Crippen molar-refractivity contribution in [1.29, 1.82) is 0 Å². The molecule has 32 heavy (non-hydrogen) atoms. The van der Waals surface area contributed by atoms with E-state index >= 15 is 0 Å². The van der Waals surface area contributed by atoms with Crippen LogP contribution in [0.3, 0.4) is 0 Å². The van der Waals surface area contributed by atoms with Crippen molar-refractivity contribution >= 4 is 23.1 Å². The van der Waals surface area contributed by atoms with Crippen LogP contribution in [-0.2, 0) is 15.9 Å². The van der Waals surface area contributed by atoms with Gasteiger partial charge >= 0.3 is 12.2 Å². The molecule has 2 aliphatic rings. The maximum atomic E-state index is 13.1. The Morgan fingerprint density at radius 3 is 2.34 bits per heavy atom. The first-order valence-corrected chi connectivity index (χ1v) is 11.3. The van der Waals surface area contributed by atoms with E-state index in [9.17, 15) is 14.7 Å². The summed E-state index contributed by atoms with van der Waals surface area (Å²) in [5.74, 6) is 0.0487. The molecule has 0 spiro atoms. The Morgan fingerprint density at radius 1 is 1.06 bits per heavy atom. The average molecular weight is 443 g/mol. The summed E-state index contributed by atoms with van der Waals surface area (Å²) in [6.45, 7) is 11.6. The molecule has 0 saturated carbocycles. The van der Waals surface area contributed by atoms with Crippen LogP contribution in [0.4, 0.5) is 9.59 Å². The smallest absolute Gasteiger partial charge is 0.419 e. The van der Waals surface area contributed by atoms with Gasteiger partial charge in [0, 0.05) is 42.6 Å². The minimum absolute atomic E-state index is 0.0181. The highest BCUT2D eigenvalue weighted by Crippen LogP contribution is 2.45. The number of ether oxygens (including phenoxy) is 2. The second-order valence-electron chi connectivity index (χ2n) is 11.0. The fourth-order valence-electron chi connectivity index (χ4n) is 5.02. The van der Waals surface area contributed by atoms with Crippen molar-refractivity contribution < 1.29 is 24.2 Å². The summed E-state index contributed by atoms with van der Waals surface area (Å²) in [5, 5.41) is 11.0. The van der Waals surface area contributed by atoms with Gasteiger partial charge in [-0.1, -0.05) is 12.1 Å². The molecular weight excluding hydrogens is 408 g/mol. The van der Waals surface area contributed by atoms with E-state index in [1.807, 2.05) is 59.9 Å². The quantitative estimate of drug-likeness (QED) is 0.693. The van der Waals surface area contributed by atoms with E-state index in [4.69, 9.17) is 9.47 Å². The summed E-state index contributed by atoms with van der Waals surface area (Å²) in [4.78, 5) is 27.8. The Labute approximate surface area is 189 Å². The molecule has 0 radical (unpaired) electrons. The predicted octanol–water partition coefficient (Wildman–Crippen LogP) is 4.68. The van der Waals surface area contributed by atoms with Gasteiger partial charge in [-0.05, 0) is 71.6 Å². The summed E-state index contributed by atoms with van der Waals surface area (Å²) in [6, 6.07) is 5.88. The minimum atomic E-state index is -0.599. The Morgan fingerprint density at radius 2 is 1.72 bits per heavy atom. The maximum Gasteiger partial charge on any atom is 0.419 e. The number of benzene rings is 1. The monoisotopic (exact) mass is 442 g/mol. The molecule has 2 heterocycles. The first kappa shape index (κ1) is 22.6. The molecule has 1 amide bonds. The molecule has 7 nitrogen and oxygen atoms in total. The Bertz CT molecular complexity index is 1040. The zero-order valence-corrected chi connectivity index (χ0v) is 19.8. The van der Waals surface area contributed by atoms with E-state index in [-0.39, 0.29) is 30.6 Å². The molecule has 1 fully saturated rings. The van der Waals surface area contributed by atoms with Gasteiger partial charge < -0.3 is 19.5 Å². The molecule has 1 unspecified atom stereocenters. The molecule has 1 aliphatic carbocycles. The number of hydrogen-bond acceptors (Lipinski definition) is 5. The Kier molecular flexibility index (Phi) is 5.52. The van der Waals surface area contributed by atoms with Gasteiger partial charge in [-0.3, -0.25) is 4.57 Å². The third kappa shape index (κ3) is 4.22. The van der Waals surface area contributed by atoms with Crippen molar-refractivity contribution in [2.45, 2.75) is 77.5 Å². The highest BCUT2D eigenvalue weighted by atomic mass is 16.6. The molecule has 1 aromatic heterocycles. The SMILES string of the molecule is CC(C)(C)OC(=O)N1C[C@H](CO)CC2c3cccc4c3c(cn4C(=O)OC(C)(C)C)C[C@H]21. The van der Waals surface area contributed by atoms with Gasteiger partial charge in [0.15, 0.2) is 0 Å². The van der Waals surface area contributed by atoms with Crippen molar-refractivity contribution in [1.82, 2.24) is 9.47 Å². The lowest BCUT2D eigenvalue weighted by Gasteiger charge is -2.46. The van der Waals surface area contributed by atoms with Crippen LogP contribution < -0.4 is 0 Å². The van der Waals surface area contributed by atoms with Crippen LogP contribution in [0, 0.1) is 5.92 Å². The van der Waals surface area contributed by atoms with Crippen LogP contribution in [0.25, 0.3) is 10.9 Å². The molecule has 1 N–H and O–H groups in total. The van der Waals surface area contributed by atoms with Gasteiger partial charge in [-0.15, -0.1) is 0 Å². The second kappa shape index (κ2) is 7.80. The molecule has 0 bridgehead atoms. The van der Waals surface area contributed by atoms with Crippen molar-refractivity contribution in [2.75, 3.05) is 13.2 Å². The van der Waals surface area contributed by atoms with Crippen LogP contribution in [0.1, 0.15) is 65.0 Å². The number of amides is 1. The summed E-state index contributed by atoms with van der Waals surface area (Å²) < 4.78 is 12.9. The summed E-state index contributed by atoms with van der Waals surface area (Å²) in [5.41, 5.74) is 1.77. The largest absolute Gasteiger partial charge is 0.444 e. The van der Waals surface area contributed by atoms with Crippen LogP contribution in [0.15, 0.2) is 24.4 Å². The Hall–Kier alpha value is -2.54. The van der Waals surface area contributed by atoms with Crippen molar-refractivity contribution in [3.63, 3.8) is 0 Å². The van der Waals surface area contributed by atoms with Crippen molar-refractivity contribution in [3.8, 4) is 0 Å². The van der Waals surface area contributed by atoms with Crippen molar-refractivity contribution in [2.24, 2.45) is 5.92 Å². The van der Waals surface area contributed by atoms with Gasteiger partial charge in [0.05, 0.1) is 5.52 Å². The van der Waals surface area contributed by atoms with E-state index in [0.29, 0.717) is 13.0 Å². The topological polar surface area (TPSA) is 81.0 Å². The lowest BCUT2D eigenvalue weighted by atomic mass is 9.72. The van der Waals surface area contributed by atoms with Gasteiger partial charge in [0.1, 0.15) is 11.2 Å². The van der Waals surface area contributed by atoms with Crippen molar-refractivity contribution in [3.05, 3.63) is 35.5 Å². The first-order chi connectivity index (χ1) is 14.9. The number of aliphatic hydroxyl groups excluding tert-OH is 1. The van der Waals surface area contributed by atoms with Crippen LogP contribution >= 0.6 is 0 Å². The molecule has 2 aromatic rings. The molecule has 3 atom stereocenters. The van der Waals surface area contributed by atoms with Crippen LogP contribution in [0.2, 0.25) is 0 Å². The van der Waals surface area contributed by atoms with E-state index in [1.165, 1.54) is 0 Å². The minimum Gasteiger partial charge on any atom is -0.444 e. The summed E-state index contributed by atoms with van der Waals surface area (Å²) >= 11 is 0. The highest BCUT2D eigenvalue weighted by molar-refractivity contribution is 5.95. The number of aliphatic hydroxyl groups is 1. The number of carbonyl (C=O) groups is 2. The van der Waals surface area contributed by atoms with Gasteiger partial charge in [-0.25, -0.2) is 9.59 Å². The van der Waals surface area contributed by atoms with E-state index in [2.05, 4.69) is 6.07 Å². The third-order valence-corrected chi connectivity index (χ3v) is 6.15. The molecule has 1 aliphatic heterocycles. The van der Waals surface area contributed by atoms with Gasteiger partial charge in [0.25, 0.3) is 0 Å². The second-order valence-corrected chi connectivity index (χ2v) is 11.0. The van der Waals surface area contributed by atoms with Gasteiger partial charge in [-0.2, -0.15) is 0 Å². The molecule has 174 valence electrons. The van der Waals surface area contributed by atoms with Crippen LogP contribution in [0.5, 0.6) is 0 Å². The molecule has 7 heteroatoms. The zero-order valence-electron chi connectivity index (χ0n) is 19.8. The fraction of sp³-hybridized carbons (Fsp3) is 0.600. The average Bonchev–Trinajstić information content (AvgIpc) is 3.05. The first-order valence-electron chi connectivity index (χ1n) is 11.3. The van der Waals surface area contributed by atoms with E-state index in [1.54, 1.807) is 9.47 Å². The third-order valence-electron chi connectivity index (χ3n) is 6.15. The lowest BCUT2D eigenvalue weighted by molar-refractivity contribution is -0.00700. The number of rotatable bonds is 1. The summed E-state index contributed by atoms with van der Waals surface area (Å²) in [7, 11) is 0. The number of nitrogens with zero attached hydrogens (tertiary/aromatic N) is 2. The number of fused-ring (bicyclic) bond motifs is 2. The number of piperidine rings is 1. The summed E-state index contributed by atoms with van der Waals surface area (Å²) in [6.07, 6.45) is 2.51. The van der Waals surface area contributed by atoms with Gasteiger partial charge in [0.2, 0.25) is 0 Å². The molecule has 1 saturated heterocycles. The normalized spacial score (nSPS) is 23.1. The van der Waals surface area contributed by atoms with E-state index < -0.39 is 17.3 Å². The Balaban J connectivity index is 1.76. The number of aromatic nitrogens is 1. The number of likely N-dealkylation sites (tertiary alicyclic amines) is 1. The predicted molar refractivity (Wildman–Crippen MR) is 122 cm³/mol. The molecule has 4 rings (SSSR count). The zero-order chi connectivity index (χ0) is 23.4. The fourth-order valence-corrected chi connectivity index (χ4v) is 5.02.